The normalized spacial score (nSPS) is 16.8. The number of benzene rings is 1. The number of nitrogens with two attached hydrogens (primary N) is 1. The third kappa shape index (κ3) is 3.95. The first-order chi connectivity index (χ1) is 9.71. The predicted molar refractivity (Wildman–Crippen MR) is 86.8 cm³/mol. The maximum atomic E-state index is 6.46. The molecule has 2 rings (SSSR count). The molecule has 1 aromatic carbocycles. The summed E-state index contributed by atoms with van der Waals surface area (Å²) in [5.41, 5.74) is 7.52. The molecule has 0 unspecified atom stereocenters. The standard InChI is InChI=1S/C16H25NO3.ClH/c1-18-13-9-12(10-14(19-2)16(13)20-3)15(17)11-7-5-4-6-8-11;/h9-11,15H,4-8,17H2,1-3H3;1H/t15-;/m0./s1. The molecular formula is C16H26ClNO3. The fourth-order valence-electron chi connectivity index (χ4n) is 3.06. The van der Waals surface area contributed by atoms with Gasteiger partial charge in [-0.3, -0.25) is 0 Å². The van der Waals surface area contributed by atoms with E-state index < -0.39 is 0 Å². The zero-order chi connectivity index (χ0) is 14.5. The van der Waals surface area contributed by atoms with Gasteiger partial charge < -0.3 is 19.9 Å². The molecule has 0 spiro atoms. The lowest BCUT2D eigenvalue weighted by atomic mass is 9.81. The van der Waals surface area contributed by atoms with Crippen LogP contribution in [0.1, 0.15) is 43.7 Å². The van der Waals surface area contributed by atoms with E-state index in [0.29, 0.717) is 23.2 Å². The van der Waals surface area contributed by atoms with Crippen LogP contribution in [0.3, 0.4) is 0 Å². The van der Waals surface area contributed by atoms with Crippen molar-refractivity contribution in [2.75, 3.05) is 21.3 Å². The molecule has 0 bridgehead atoms. The fourth-order valence-corrected chi connectivity index (χ4v) is 3.06. The highest BCUT2D eigenvalue weighted by Crippen LogP contribution is 2.42. The molecule has 1 atom stereocenters. The van der Waals surface area contributed by atoms with Gasteiger partial charge in [-0.2, -0.15) is 0 Å². The summed E-state index contributed by atoms with van der Waals surface area (Å²) in [6.45, 7) is 0. The van der Waals surface area contributed by atoms with E-state index in [4.69, 9.17) is 19.9 Å². The van der Waals surface area contributed by atoms with Gasteiger partial charge in [-0.15, -0.1) is 12.4 Å². The Morgan fingerprint density at radius 1 is 0.952 bits per heavy atom. The van der Waals surface area contributed by atoms with Gasteiger partial charge in [0.25, 0.3) is 0 Å². The number of methoxy groups -OCH3 is 3. The second-order valence-corrected chi connectivity index (χ2v) is 5.38. The molecule has 0 aromatic heterocycles. The maximum Gasteiger partial charge on any atom is 0.203 e. The molecule has 0 heterocycles. The van der Waals surface area contributed by atoms with E-state index in [9.17, 15) is 0 Å². The monoisotopic (exact) mass is 315 g/mol. The van der Waals surface area contributed by atoms with E-state index in [1.807, 2.05) is 12.1 Å². The summed E-state index contributed by atoms with van der Waals surface area (Å²) in [6.07, 6.45) is 6.31. The molecule has 0 saturated heterocycles. The number of hydrogen-bond acceptors (Lipinski definition) is 4. The number of halogens is 1. The van der Waals surface area contributed by atoms with Crippen molar-refractivity contribution >= 4 is 12.4 Å². The molecule has 0 amide bonds. The Labute approximate surface area is 133 Å². The molecule has 1 fully saturated rings. The molecule has 2 N–H and O–H groups in total. The Bertz CT molecular complexity index is 422. The van der Waals surface area contributed by atoms with Gasteiger partial charge >= 0.3 is 0 Å². The zero-order valence-electron chi connectivity index (χ0n) is 13.1. The van der Waals surface area contributed by atoms with Crippen LogP contribution in [0.4, 0.5) is 0 Å². The lowest BCUT2D eigenvalue weighted by Crippen LogP contribution is -2.23. The smallest absolute Gasteiger partial charge is 0.203 e. The van der Waals surface area contributed by atoms with Crippen LogP contribution in [0, 0.1) is 5.92 Å². The van der Waals surface area contributed by atoms with Gasteiger partial charge in [0.15, 0.2) is 11.5 Å². The van der Waals surface area contributed by atoms with Crippen molar-refractivity contribution in [1.29, 1.82) is 0 Å². The van der Waals surface area contributed by atoms with Crippen LogP contribution in [0.25, 0.3) is 0 Å². The number of ether oxygens (including phenoxy) is 3. The van der Waals surface area contributed by atoms with Crippen molar-refractivity contribution in [3.05, 3.63) is 17.7 Å². The highest BCUT2D eigenvalue weighted by molar-refractivity contribution is 5.85. The second-order valence-electron chi connectivity index (χ2n) is 5.38. The number of hydrogen-bond donors (Lipinski definition) is 1. The van der Waals surface area contributed by atoms with Gasteiger partial charge in [-0.25, -0.2) is 0 Å². The third-order valence-corrected chi connectivity index (χ3v) is 4.23. The predicted octanol–water partition coefficient (Wildman–Crippen LogP) is 3.71. The van der Waals surface area contributed by atoms with Gasteiger partial charge in [0, 0.05) is 6.04 Å². The Morgan fingerprint density at radius 3 is 1.90 bits per heavy atom. The molecule has 0 radical (unpaired) electrons. The van der Waals surface area contributed by atoms with Gasteiger partial charge in [-0.1, -0.05) is 19.3 Å². The van der Waals surface area contributed by atoms with E-state index in [1.54, 1.807) is 21.3 Å². The first-order valence-electron chi connectivity index (χ1n) is 7.26. The Balaban J connectivity index is 0.00000220. The molecule has 1 aliphatic carbocycles. The molecule has 4 nitrogen and oxygen atoms in total. The SMILES string of the molecule is COc1cc([C@@H](N)C2CCCCC2)cc(OC)c1OC.Cl. The van der Waals surface area contributed by atoms with Crippen molar-refractivity contribution in [3.63, 3.8) is 0 Å². The first-order valence-corrected chi connectivity index (χ1v) is 7.26. The van der Waals surface area contributed by atoms with Crippen molar-refractivity contribution in [3.8, 4) is 17.2 Å². The zero-order valence-corrected chi connectivity index (χ0v) is 13.9. The van der Waals surface area contributed by atoms with Crippen LogP contribution in [-0.2, 0) is 0 Å². The van der Waals surface area contributed by atoms with Crippen LogP contribution >= 0.6 is 12.4 Å². The number of rotatable bonds is 5. The van der Waals surface area contributed by atoms with Gasteiger partial charge in [0.2, 0.25) is 5.75 Å². The summed E-state index contributed by atoms with van der Waals surface area (Å²) in [7, 11) is 4.88. The Kier molecular flexibility index (Phi) is 7.12. The Morgan fingerprint density at radius 2 is 1.48 bits per heavy atom. The highest BCUT2D eigenvalue weighted by Gasteiger charge is 2.24. The van der Waals surface area contributed by atoms with Crippen LogP contribution in [0.15, 0.2) is 12.1 Å². The molecule has 1 aliphatic rings. The van der Waals surface area contributed by atoms with Crippen LogP contribution in [0.5, 0.6) is 17.2 Å². The molecule has 0 aliphatic heterocycles. The summed E-state index contributed by atoms with van der Waals surface area (Å²) in [5, 5.41) is 0. The van der Waals surface area contributed by atoms with E-state index >= 15 is 0 Å². The average Bonchev–Trinajstić information content (AvgIpc) is 2.53. The van der Waals surface area contributed by atoms with Crippen molar-refractivity contribution in [2.24, 2.45) is 11.7 Å². The molecule has 1 aromatic rings. The molecule has 120 valence electrons. The molecule has 21 heavy (non-hydrogen) atoms. The van der Waals surface area contributed by atoms with Gasteiger partial charge in [-0.05, 0) is 36.5 Å². The summed E-state index contributed by atoms with van der Waals surface area (Å²) in [4.78, 5) is 0. The van der Waals surface area contributed by atoms with Crippen LogP contribution in [-0.4, -0.2) is 21.3 Å². The molecule has 1 saturated carbocycles. The van der Waals surface area contributed by atoms with E-state index in [1.165, 1.54) is 32.1 Å². The van der Waals surface area contributed by atoms with Crippen molar-refractivity contribution < 1.29 is 14.2 Å². The quantitative estimate of drug-likeness (QED) is 0.900. The minimum Gasteiger partial charge on any atom is -0.493 e. The van der Waals surface area contributed by atoms with Gasteiger partial charge in [0.1, 0.15) is 0 Å². The maximum absolute atomic E-state index is 6.46. The lowest BCUT2D eigenvalue weighted by molar-refractivity contribution is 0.302. The largest absolute Gasteiger partial charge is 0.493 e. The van der Waals surface area contributed by atoms with Gasteiger partial charge in [0.05, 0.1) is 21.3 Å². The topological polar surface area (TPSA) is 53.7 Å². The average molecular weight is 316 g/mol. The first kappa shape index (κ1) is 17.9. The van der Waals surface area contributed by atoms with E-state index in [-0.39, 0.29) is 18.4 Å². The third-order valence-electron chi connectivity index (χ3n) is 4.23. The lowest BCUT2D eigenvalue weighted by Gasteiger charge is -2.28. The summed E-state index contributed by atoms with van der Waals surface area (Å²) in [5.74, 6) is 2.52. The van der Waals surface area contributed by atoms with E-state index in [2.05, 4.69) is 0 Å². The van der Waals surface area contributed by atoms with Crippen LogP contribution in [0.2, 0.25) is 0 Å². The minimum absolute atomic E-state index is 0. The summed E-state index contributed by atoms with van der Waals surface area (Å²) in [6, 6.07) is 3.98. The minimum atomic E-state index is 0. The van der Waals surface area contributed by atoms with Crippen LogP contribution < -0.4 is 19.9 Å². The van der Waals surface area contributed by atoms with Crippen molar-refractivity contribution in [1.82, 2.24) is 0 Å². The van der Waals surface area contributed by atoms with E-state index in [0.717, 1.165) is 5.56 Å². The second kappa shape index (κ2) is 8.35. The molecule has 5 heteroatoms. The fraction of sp³-hybridized carbons (Fsp3) is 0.625. The summed E-state index contributed by atoms with van der Waals surface area (Å²) < 4.78 is 16.1. The summed E-state index contributed by atoms with van der Waals surface area (Å²) >= 11 is 0. The highest BCUT2D eigenvalue weighted by atomic mass is 35.5. The Hall–Kier alpha value is -1.13. The van der Waals surface area contributed by atoms with Crippen molar-refractivity contribution in [2.45, 2.75) is 38.1 Å². The molecular weight excluding hydrogens is 290 g/mol.